The minimum Gasteiger partial charge on any atom is -0.289 e. The van der Waals surface area contributed by atoms with Crippen molar-refractivity contribution in [2.75, 3.05) is 0 Å². The summed E-state index contributed by atoms with van der Waals surface area (Å²) in [5.41, 5.74) is 16.6. The fraction of sp³-hybridized carbons (Fsp3) is 0.0323. The molecule has 0 N–H and O–H groups in total. The molecule has 0 saturated carbocycles. The van der Waals surface area contributed by atoms with Crippen molar-refractivity contribution in [3.63, 3.8) is 0 Å². The molecule has 0 aliphatic heterocycles. The highest BCUT2D eigenvalue weighted by molar-refractivity contribution is 6.45. The van der Waals surface area contributed by atoms with E-state index in [-0.39, 0.29) is 11.6 Å². The fourth-order valence-electron chi connectivity index (χ4n) is 9.18. The number of allylic oxidation sites excluding steroid dienone is 10. The van der Waals surface area contributed by atoms with E-state index in [0.29, 0.717) is 22.3 Å². The van der Waals surface area contributed by atoms with Gasteiger partial charge in [-0.3, -0.25) is 9.59 Å². The largest absolute Gasteiger partial charge is 0.289 e. The van der Waals surface area contributed by atoms with Gasteiger partial charge in [0, 0.05) is 22.3 Å². The van der Waals surface area contributed by atoms with Gasteiger partial charge in [0.1, 0.15) is 0 Å². The number of fused-ring (bicyclic) bond motifs is 1. The minimum absolute atomic E-state index is 0.00353. The van der Waals surface area contributed by atoms with E-state index in [1.165, 1.54) is 0 Å². The van der Waals surface area contributed by atoms with Gasteiger partial charge < -0.3 is 0 Å². The highest BCUT2D eigenvalue weighted by atomic mass is 16.1. The molecule has 10 rings (SSSR count). The van der Waals surface area contributed by atoms with Crippen LogP contribution in [0.25, 0.3) is 44.2 Å². The summed E-state index contributed by atoms with van der Waals surface area (Å²) in [7, 11) is 0. The van der Waals surface area contributed by atoms with Crippen molar-refractivity contribution >= 4 is 55.8 Å². The molecule has 0 atom stereocenters. The molecular formula is C62H44O2. The molecular weight excluding hydrogens is 777 g/mol. The van der Waals surface area contributed by atoms with Crippen LogP contribution in [0.1, 0.15) is 55.6 Å². The topological polar surface area (TPSA) is 34.1 Å². The van der Waals surface area contributed by atoms with Gasteiger partial charge in [-0.15, -0.1) is 0 Å². The molecule has 0 bridgehead atoms. The Balaban J connectivity index is 1.29. The molecule has 0 fully saturated rings. The molecule has 0 amide bonds. The van der Waals surface area contributed by atoms with Crippen LogP contribution in [0.3, 0.4) is 0 Å². The molecule has 8 aromatic carbocycles. The first-order valence-electron chi connectivity index (χ1n) is 21.7. The Labute approximate surface area is 374 Å². The van der Waals surface area contributed by atoms with Crippen LogP contribution >= 0.6 is 0 Å². The zero-order chi connectivity index (χ0) is 43.6. The van der Waals surface area contributed by atoms with Gasteiger partial charge in [0.15, 0.2) is 11.6 Å². The van der Waals surface area contributed by atoms with Crippen molar-refractivity contribution < 1.29 is 9.59 Å². The molecule has 0 saturated heterocycles. The fourth-order valence-corrected chi connectivity index (χ4v) is 9.18. The maximum absolute atomic E-state index is 14.5. The van der Waals surface area contributed by atoms with Crippen LogP contribution in [-0.2, 0) is 9.59 Å². The van der Waals surface area contributed by atoms with Crippen LogP contribution in [-0.4, -0.2) is 11.6 Å². The lowest BCUT2D eigenvalue weighted by molar-refractivity contribution is -0.109. The zero-order valence-electron chi connectivity index (χ0n) is 35.8. The van der Waals surface area contributed by atoms with E-state index in [2.05, 4.69) is 123 Å². The van der Waals surface area contributed by atoms with Gasteiger partial charge in [0.25, 0.3) is 0 Å². The first-order chi connectivity index (χ1) is 31.4. The van der Waals surface area contributed by atoms with E-state index in [4.69, 9.17) is 0 Å². The number of hydrogen-bond donors (Lipinski definition) is 0. The van der Waals surface area contributed by atoms with E-state index in [0.717, 1.165) is 88.7 Å². The molecule has 2 aliphatic carbocycles. The van der Waals surface area contributed by atoms with Gasteiger partial charge in [0.2, 0.25) is 0 Å². The third-order valence-corrected chi connectivity index (χ3v) is 12.2. The Morgan fingerprint density at radius 3 is 0.906 bits per heavy atom. The molecule has 0 heterocycles. The van der Waals surface area contributed by atoms with Gasteiger partial charge in [-0.1, -0.05) is 217 Å². The molecule has 0 unspecified atom stereocenters. The van der Waals surface area contributed by atoms with Crippen molar-refractivity contribution in [3.8, 4) is 0 Å². The minimum atomic E-state index is -0.00353. The summed E-state index contributed by atoms with van der Waals surface area (Å²) in [5, 5.41) is 2.14. The van der Waals surface area contributed by atoms with Crippen LogP contribution in [0.15, 0.2) is 242 Å². The van der Waals surface area contributed by atoms with Gasteiger partial charge in [-0.05, 0) is 116 Å². The number of hydrogen-bond acceptors (Lipinski definition) is 2. The summed E-state index contributed by atoms with van der Waals surface area (Å²) in [6.07, 6.45) is 8.32. The van der Waals surface area contributed by atoms with E-state index in [1.807, 2.05) is 121 Å². The highest BCUT2D eigenvalue weighted by Crippen LogP contribution is 2.43. The summed E-state index contributed by atoms with van der Waals surface area (Å²) in [4.78, 5) is 29.0. The third kappa shape index (κ3) is 7.67. The van der Waals surface area contributed by atoms with E-state index < -0.39 is 0 Å². The normalized spacial score (nSPS) is 13.8. The Morgan fingerprint density at radius 2 is 0.609 bits per heavy atom. The van der Waals surface area contributed by atoms with Crippen molar-refractivity contribution in [1.82, 2.24) is 0 Å². The SMILES string of the molecule is Cc1cccc(C(=C2C=C(c3ccccc3)C(=O)C(c3ccccc3)=C2)c2cccc3c(C(=C4C=C(c5ccccc5)C(=O)C(c5ccccc5)=C4)c4cccc(C)c4)cccc23)c1. The average Bonchev–Trinajstić information content (AvgIpc) is 3.34. The van der Waals surface area contributed by atoms with Gasteiger partial charge in [-0.25, -0.2) is 0 Å². The number of Topliss-reactive ketones (excluding diaryl/α,β-unsaturated/α-hetero) is 2. The number of benzene rings is 8. The molecule has 2 nitrogen and oxygen atoms in total. The molecule has 8 aromatic rings. The van der Waals surface area contributed by atoms with Crippen LogP contribution in [0.2, 0.25) is 0 Å². The predicted molar refractivity (Wildman–Crippen MR) is 266 cm³/mol. The van der Waals surface area contributed by atoms with Crippen molar-refractivity contribution in [3.05, 3.63) is 297 Å². The first-order valence-corrected chi connectivity index (χ1v) is 21.7. The summed E-state index contributed by atoms with van der Waals surface area (Å²) in [6, 6.07) is 70.3. The Bertz CT molecular complexity index is 2970. The van der Waals surface area contributed by atoms with Crippen molar-refractivity contribution in [1.29, 1.82) is 0 Å². The second-order valence-electron chi connectivity index (χ2n) is 16.5. The highest BCUT2D eigenvalue weighted by Gasteiger charge is 2.28. The predicted octanol–water partition coefficient (Wildman–Crippen LogP) is 14.6. The lowest BCUT2D eigenvalue weighted by atomic mass is 9.80. The number of aryl methyl sites for hydroxylation is 2. The molecule has 2 heteroatoms. The van der Waals surface area contributed by atoms with E-state index in [1.54, 1.807) is 0 Å². The van der Waals surface area contributed by atoms with Crippen LogP contribution in [0.4, 0.5) is 0 Å². The average molecular weight is 821 g/mol. The van der Waals surface area contributed by atoms with Gasteiger partial charge >= 0.3 is 0 Å². The number of carbonyl (C=O) groups excluding carboxylic acids is 2. The first kappa shape index (κ1) is 39.9. The Kier molecular flexibility index (Phi) is 10.8. The maximum atomic E-state index is 14.5. The van der Waals surface area contributed by atoms with Crippen molar-refractivity contribution in [2.24, 2.45) is 0 Å². The summed E-state index contributed by atoms with van der Waals surface area (Å²) >= 11 is 0. The monoisotopic (exact) mass is 820 g/mol. The van der Waals surface area contributed by atoms with Gasteiger partial charge in [0.05, 0.1) is 0 Å². The lowest BCUT2D eigenvalue weighted by Crippen LogP contribution is -2.11. The number of rotatable bonds is 8. The quantitative estimate of drug-likeness (QED) is 0.153. The molecule has 2 aliphatic rings. The van der Waals surface area contributed by atoms with Gasteiger partial charge in [-0.2, -0.15) is 0 Å². The van der Waals surface area contributed by atoms with Crippen LogP contribution in [0.5, 0.6) is 0 Å². The zero-order valence-corrected chi connectivity index (χ0v) is 35.8. The van der Waals surface area contributed by atoms with Crippen LogP contribution < -0.4 is 0 Å². The summed E-state index contributed by atoms with van der Waals surface area (Å²) in [6.45, 7) is 4.25. The van der Waals surface area contributed by atoms with Crippen molar-refractivity contribution in [2.45, 2.75) is 13.8 Å². The maximum Gasteiger partial charge on any atom is 0.194 e. The number of carbonyl (C=O) groups is 2. The Morgan fingerprint density at radius 1 is 0.312 bits per heavy atom. The number of ketones is 2. The second-order valence-corrected chi connectivity index (χ2v) is 16.5. The molecule has 0 aromatic heterocycles. The van der Waals surface area contributed by atoms with Crippen LogP contribution in [0, 0.1) is 13.8 Å². The van der Waals surface area contributed by atoms with E-state index >= 15 is 0 Å². The summed E-state index contributed by atoms with van der Waals surface area (Å²) < 4.78 is 0. The standard InChI is InChI=1S/C62H44O2/c1-41-19-15-29-47(35-41)59(49-37-55(43-21-7-3-8-22-43)61(63)56(38-49)44-23-9-4-10-24-44)53-33-17-32-52-51(53)31-18-34-54(52)60(48-30-16-20-42(2)36-48)50-39-57(45-25-11-5-12-26-45)62(64)58(40-50)46-27-13-6-14-28-46/h3-40H,1-2H3. The molecule has 304 valence electrons. The second kappa shape index (κ2) is 17.3. The third-order valence-electron chi connectivity index (χ3n) is 12.2. The molecule has 0 spiro atoms. The lowest BCUT2D eigenvalue weighted by Gasteiger charge is -2.23. The summed E-state index contributed by atoms with van der Waals surface area (Å²) in [5.74, 6) is -0.00706. The smallest absolute Gasteiger partial charge is 0.194 e. The molecule has 0 radical (unpaired) electrons. The Hall–Kier alpha value is -8.20. The van der Waals surface area contributed by atoms with E-state index in [9.17, 15) is 9.59 Å². The molecule has 64 heavy (non-hydrogen) atoms.